The van der Waals surface area contributed by atoms with Crippen LogP contribution in [0.15, 0.2) is 41.0 Å². The molecule has 0 aliphatic rings. The highest BCUT2D eigenvalue weighted by Gasteiger charge is 2.11. The van der Waals surface area contributed by atoms with Gasteiger partial charge < -0.3 is 9.73 Å². The summed E-state index contributed by atoms with van der Waals surface area (Å²) in [6.45, 7) is 2.26. The van der Waals surface area contributed by atoms with Gasteiger partial charge in [-0.15, -0.1) is 0 Å². The van der Waals surface area contributed by atoms with Gasteiger partial charge in [-0.3, -0.25) is 4.79 Å². The van der Waals surface area contributed by atoms with Gasteiger partial charge in [0.25, 0.3) is 5.91 Å². The Hall–Kier alpha value is -2.10. The maximum Gasteiger partial charge on any atom is 0.287 e. The molecule has 0 bridgehead atoms. The van der Waals surface area contributed by atoms with E-state index in [-0.39, 0.29) is 11.7 Å². The minimum Gasteiger partial charge on any atom is -0.459 e. The summed E-state index contributed by atoms with van der Waals surface area (Å²) in [7, 11) is 0. The summed E-state index contributed by atoms with van der Waals surface area (Å²) in [6, 6.07) is 8.08. The van der Waals surface area contributed by atoms with Crippen molar-refractivity contribution in [1.82, 2.24) is 5.32 Å². The van der Waals surface area contributed by atoms with E-state index in [2.05, 4.69) is 5.32 Å². The average Bonchev–Trinajstić information content (AvgIpc) is 2.75. The molecule has 0 saturated carbocycles. The summed E-state index contributed by atoms with van der Waals surface area (Å²) in [5.74, 6) is -0.177. The average molecular weight is 247 g/mol. The van der Waals surface area contributed by atoms with Gasteiger partial charge >= 0.3 is 0 Å². The van der Waals surface area contributed by atoms with Crippen LogP contribution in [0.1, 0.15) is 21.7 Å². The number of carbonyl (C=O) groups excluding carboxylic acids is 1. The van der Waals surface area contributed by atoms with Crippen LogP contribution in [-0.2, 0) is 6.42 Å². The van der Waals surface area contributed by atoms with Gasteiger partial charge in [-0.2, -0.15) is 0 Å². The standard InChI is InChI=1S/C14H14FNO2/c1-10-6-8-18-13(10)14(17)16-7-5-11-3-2-4-12(15)9-11/h2-4,6,8-9H,5,7H2,1H3,(H,16,17). The van der Waals surface area contributed by atoms with Crippen molar-refractivity contribution in [2.75, 3.05) is 6.54 Å². The molecule has 4 heteroatoms. The summed E-state index contributed by atoms with van der Waals surface area (Å²) in [5.41, 5.74) is 1.66. The maximum absolute atomic E-state index is 12.9. The molecule has 0 radical (unpaired) electrons. The number of nitrogens with one attached hydrogen (secondary N) is 1. The van der Waals surface area contributed by atoms with Crippen molar-refractivity contribution in [2.45, 2.75) is 13.3 Å². The molecule has 0 unspecified atom stereocenters. The number of carbonyl (C=O) groups is 1. The lowest BCUT2D eigenvalue weighted by atomic mass is 10.1. The Labute approximate surface area is 105 Å². The predicted octanol–water partition coefficient (Wildman–Crippen LogP) is 2.70. The zero-order valence-electron chi connectivity index (χ0n) is 10.1. The van der Waals surface area contributed by atoms with E-state index in [0.29, 0.717) is 18.7 Å². The second kappa shape index (κ2) is 5.49. The number of amides is 1. The van der Waals surface area contributed by atoms with E-state index < -0.39 is 0 Å². The van der Waals surface area contributed by atoms with Crippen LogP contribution in [0.2, 0.25) is 0 Å². The number of hydrogen-bond donors (Lipinski definition) is 1. The third-order valence-electron chi connectivity index (χ3n) is 2.66. The van der Waals surface area contributed by atoms with Gasteiger partial charge in [0.05, 0.1) is 6.26 Å². The Bertz CT molecular complexity index is 548. The molecule has 18 heavy (non-hydrogen) atoms. The quantitative estimate of drug-likeness (QED) is 0.902. The first kappa shape index (κ1) is 12.4. The van der Waals surface area contributed by atoms with E-state index in [1.54, 1.807) is 12.1 Å². The Morgan fingerprint density at radius 1 is 1.39 bits per heavy atom. The summed E-state index contributed by atoms with van der Waals surface area (Å²) < 4.78 is 18.0. The normalized spacial score (nSPS) is 10.3. The van der Waals surface area contributed by atoms with Gasteiger partial charge in [0, 0.05) is 12.1 Å². The first-order chi connectivity index (χ1) is 8.66. The fourth-order valence-corrected chi connectivity index (χ4v) is 1.70. The number of aryl methyl sites for hydroxylation is 1. The predicted molar refractivity (Wildman–Crippen MR) is 65.9 cm³/mol. The van der Waals surface area contributed by atoms with E-state index in [9.17, 15) is 9.18 Å². The van der Waals surface area contributed by atoms with Crippen molar-refractivity contribution >= 4 is 5.91 Å². The maximum atomic E-state index is 12.9. The number of halogens is 1. The molecular formula is C14H14FNO2. The topological polar surface area (TPSA) is 42.2 Å². The number of rotatable bonds is 4. The van der Waals surface area contributed by atoms with Gasteiger partial charge in [-0.05, 0) is 37.1 Å². The van der Waals surface area contributed by atoms with Gasteiger partial charge in [-0.25, -0.2) is 4.39 Å². The smallest absolute Gasteiger partial charge is 0.287 e. The largest absolute Gasteiger partial charge is 0.459 e. The van der Waals surface area contributed by atoms with Crippen molar-refractivity contribution in [2.24, 2.45) is 0 Å². The lowest BCUT2D eigenvalue weighted by Crippen LogP contribution is -2.25. The fraction of sp³-hybridized carbons (Fsp3) is 0.214. The van der Waals surface area contributed by atoms with E-state index in [0.717, 1.165) is 11.1 Å². The molecule has 0 saturated heterocycles. The number of benzene rings is 1. The zero-order valence-corrected chi connectivity index (χ0v) is 10.1. The molecule has 1 aromatic carbocycles. The number of hydrogen-bond acceptors (Lipinski definition) is 2. The monoisotopic (exact) mass is 247 g/mol. The van der Waals surface area contributed by atoms with E-state index in [1.165, 1.54) is 18.4 Å². The molecule has 1 N–H and O–H groups in total. The van der Waals surface area contributed by atoms with Gasteiger partial charge in [-0.1, -0.05) is 12.1 Å². The Morgan fingerprint density at radius 3 is 2.89 bits per heavy atom. The zero-order chi connectivity index (χ0) is 13.0. The van der Waals surface area contributed by atoms with E-state index in [4.69, 9.17) is 4.42 Å². The van der Waals surface area contributed by atoms with Crippen LogP contribution in [0.5, 0.6) is 0 Å². The highest BCUT2D eigenvalue weighted by molar-refractivity contribution is 5.92. The highest BCUT2D eigenvalue weighted by atomic mass is 19.1. The van der Waals surface area contributed by atoms with Gasteiger partial charge in [0.2, 0.25) is 0 Å². The van der Waals surface area contributed by atoms with Crippen molar-refractivity contribution in [1.29, 1.82) is 0 Å². The van der Waals surface area contributed by atoms with Crippen LogP contribution >= 0.6 is 0 Å². The van der Waals surface area contributed by atoms with Gasteiger partial charge in [0.15, 0.2) is 5.76 Å². The lowest BCUT2D eigenvalue weighted by molar-refractivity contribution is 0.0925. The summed E-state index contributed by atoms with van der Waals surface area (Å²) in [4.78, 5) is 11.7. The molecule has 3 nitrogen and oxygen atoms in total. The Balaban J connectivity index is 1.86. The molecule has 0 aliphatic heterocycles. The molecule has 2 rings (SSSR count). The van der Waals surface area contributed by atoms with Crippen LogP contribution < -0.4 is 5.32 Å². The van der Waals surface area contributed by atoms with Crippen LogP contribution in [0.25, 0.3) is 0 Å². The summed E-state index contributed by atoms with van der Waals surface area (Å²) in [5, 5.41) is 2.74. The molecule has 1 amide bonds. The van der Waals surface area contributed by atoms with E-state index in [1.807, 2.05) is 13.0 Å². The molecule has 0 aliphatic carbocycles. The molecular weight excluding hydrogens is 233 g/mol. The summed E-state index contributed by atoms with van der Waals surface area (Å²) >= 11 is 0. The molecule has 94 valence electrons. The van der Waals surface area contributed by atoms with Gasteiger partial charge in [0.1, 0.15) is 5.82 Å². The van der Waals surface area contributed by atoms with Crippen LogP contribution in [0.3, 0.4) is 0 Å². The first-order valence-corrected chi connectivity index (χ1v) is 5.73. The second-order valence-corrected chi connectivity index (χ2v) is 4.07. The van der Waals surface area contributed by atoms with Crippen LogP contribution in [0.4, 0.5) is 4.39 Å². The van der Waals surface area contributed by atoms with Crippen molar-refractivity contribution in [3.8, 4) is 0 Å². The molecule has 0 atom stereocenters. The number of furan rings is 1. The van der Waals surface area contributed by atoms with E-state index >= 15 is 0 Å². The first-order valence-electron chi connectivity index (χ1n) is 5.73. The van der Waals surface area contributed by atoms with Crippen LogP contribution in [0, 0.1) is 12.7 Å². The molecule has 0 fully saturated rings. The van der Waals surface area contributed by atoms with Crippen molar-refractivity contribution < 1.29 is 13.6 Å². The third kappa shape index (κ3) is 2.97. The highest BCUT2D eigenvalue weighted by Crippen LogP contribution is 2.08. The fourth-order valence-electron chi connectivity index (χ4n) is 1.70. The third-order valence-corrected chi connectivity index (χ3v) is 2.66. The second-order valence-electron chi connectivity index (χ2n) is 4.07. The van der Waals surface area contributed by atoms with Crippen molar-refractivity contribution in [3.05, 3.63) is 59.3 Å². The van der Waals surface area contributed by atoms with Crippen LogP contribution in [-0.4, -0.2) is 12.5 Å². The molecule has 1 heterocycles. The minimum atomic E-state index is -0.263. The SMILES string of the molecule is Cc1ccoc1C(=O)NCCc1cccc(F)c1. The minimum absolute atomic E-state index is 0.242. The molecule has 0 spiro atoms. The van der Waals surface area contributed by atoms with Crippen molar-refractivity contribution in [3.63, 3.8) is 0 Å². The molecule has 1 aromatic heterocycles. The Morgan fingerprint density at radius 2 is 2.22 bits per heavy atom. The molecule has 2 aromatic rings. The lowest BCUT2D eigenvalue weighted by Gasteiger charge is -2.04. The Kier molecular flexibility index (Phi) is 3.77. The summed E-state index contributed by atoms with van der Waals surface area (Å²) in [6.07, 6.45) is 2.07.